The summed E-state index contributed by atoms with van der Waals surface area (Å²) in [5, 5.41) is 11.8. The average Bonchev–Trinajstić information content (AvgIpc) is 2.38. The number of nitriles is 1. The van der Waals surface area contributed by atoms with Crippen LogP contribution in [-0.2, 0) is 9.59 Å². The Hall–Kier alpha value is -2.48. The van der Waals surface area contributed by atoms with Crippen molar-refractivity contribution >= 4 is 11.7 Å². The Morgan fingerprint density at radius 2 is 2.05 bits per heavy atom. The smallest absolute Gasteiger partial charge is 0.242 e. The fourth-order valence-corrected chi connectivity index (χ4v) is 2.43. The van der Waals surface area contributed by atoms with E-state index in [1.165, 1.54) is 6.92 Å². The molecule has 1 aromatic rings. The van der Waals surface area contributed by atoms with Gasteiger partial charge in [-0.15, -0.1) is 0 Å². The number of rotatable bonds is 2. The van der Waals surface area contributed by atoms with Crippen molar-refractivity contribution in [2.75, 3.05) is 0 Å². The fraction of sp³-hybridized carbons (Fsp3) is 0.286. The molecule has 0 spiro atoms. The molecule has 2 unspecified atom stereocenters. The Bertz CT molecular complexity index is 599. The first-order valence-electron chi connectivity index (χ1n) is 5.88. The third-order valence-electron chi connectivity index (χ3n) is 3.23. The number of carbonyl (C=O) groups is 2. The molecule has 5 heteroatoms. The molecule has 0 bridgehead atoms. The molecule has 2 heterocycles. The first-order valence-corrected chi connectivity index (χ1v) is 5.88. The molecule has 0 fully saturated rings. The number of ketones is 1. The number of nitrogens with one attached hydrogen (secondary N) is 1. The summed E-state index contributed by atoms with van der Waals surface area (Å²) >= 11 is 0. The fourth-order valence-electron chi connectivity index (χ4n) is 2.43. The van der Waals surface area contributed by atoms with Gasteiger partial charge in [-0.3, -0.25) is 14.6 Å². The highest BCUT2D eigenvalue weighted by Crippen LogP contribution is 2.36. The Labute approximate surface area is 111 Å². The van der Waals surface area contributed by atoms with Gasteiger partial charge in [0.05, 0.1) is 6.07 Å². The van der Waals surface area contributed by atoms with Crippen LogP contribution >= 0.6 is 0 Å². The first-order chi connectivity index (χ1) is 9.06. The molecular weight excluding hydrogens is 242 g/mol. The lowest BCUT2D eigenvalue weighted by molar-refractivity contribution is -0.123. The van der Waals surface area contributed by atoms with E-state index in [1.54, 1.807) is 31.5 Å². The summed E-state index contributed by atoms with van der Waals surface area (Å²) in [5.74, 6) is -1.93. The molecule has 2 atom stereocenters. The van der Waals surface area contributed by atoms with Crippen LogP contribution in [0.1, 0.15) is 25.3 Å². The topological polar surface area (TPSA) is 82.9 Å². The van der Waals surface area contributed by atoms with Gasteiger partial charge in [0.25, 0.3) is 0 Å². The molecule has 96 valence electrons. The van der Waals surface area contributed by atoms with Crippen molar-refractivity contribution in [3.8, 4) is 6.07 Å². The summed E-state index contributed by atoms with van der Waals surface area (Å²) in [5.41, 5.74) is 1.75. The van der Waals surface area contributed by atoms with E-state index >= 15 is 0 Å². The number of aromatic nitrogens is 1. The highest BCUT2D eigenvalue weighted by atomic mass is 16.2. The molecule has 1 aromatic heterocycles. The van der Waals surface area contributed by atoms with Gasteiger partial charge in [0.2, 0.25) is 5.91 Å². The van der Waals surface area contributed by atoms with Crippen molar-refractivity contribution in [2.24, 2.45) is 5.92 Å². The van der Waals surface area contributed by atoms with Crippen molar-refractivity contribution in [1.82, 2.24) is 10.3 Å². The SMILES string of the molecule is CC(=O)C1=C(C)NC(=O)C(C#N)C1c1ccncc1. The lowest BCUT2D eigenvalue weighted by atomic mass is 9.76. The third kappa shape index (κ3) is 2.25. The van der Waals surface area contributed by atoms with Crippen LogP contribution in [0.3, 0.4) is 0 Å². The molecule has 1 aliphatic heterocycles. The molecular formula is C14H13N3O2. The minimum atomic E-state index is -0.898. The summed E-state index contributed by atoms with van der Waals surface area (Å²) in [7, 11) is 0. The van der Waals surface area contributed by atoms with E-state index < -0.39 is 11.8 Å². The summed E-state index contributed by atoms with van der Waals surface area (Å²) in [4.78, 5) is 27.6. The van der Waals surface area contributed by atoms with Crippen LogP contribution in [0, 0.1) is 17.2 Å². The zero-order valence-corrected chi connectivity index (χ0v) is 10.7. The quantitative estimate of drug-likeness (QED) is 0.863. The molecule has 0 radical (unpaired) electrons. The van der Waals surface area contributed by atoms with Gasteiger partial charge < -0.3 is 5.32 Å². The second-order valence-electron chi connectivity index (χ2n) is 4.45. The minimum Gasteiger partial charge on any atom is -0.328 e. The van der Waals surface area contributed by atoms with Crippen molar-refractivity contribution < 1.29 is 9.59 Å². The predicted molar refractivity (Wildman–Crippen MR) is 67.6 cm³/mol. The van der Waals surface area contributed by atoms with Gasteiger partial charge in [0.15, 0.2) is 5.78 Å². The lowest BCUT2D eigenvalue weighted by Gasteiger charge is -2.29. The van der Waals surface area contributed by atoms with Crippen molar-refractivity contribution in [3.63, 3.8) is 0 Å². The summed E-state index contributed by atoms with van der Waals surface area (Å²) in [6, 6.07) is 5.44. The molecule has 0 saturated heterocycles. The summed E-state index contributed by atoms with van der Waals surface area (Å²) < 4.78 is 0. The second kappa shape index (κ2) is 5.02. The largest absolute Gasteiger partial charge is 0.328 e. The molecule has 0 aliphatic carbocycles. The number of pyridine rings is 1. The number of hydrogen-bond acceptors (Lipinski definition) is 4. The maximum atomic E-state index is 11.9. The normalized spacial score (nSPS) is 22.7. The van der Waals surface area contributed by atoms with Gasteiger partial charge in [-0.05, 0) is 31.5 Å². The average molecular weight is 255 g/mol. The molecule has 2 rings (SSSR count). The van der Waals surface area contributed by atoms with Crippen molar-refractivity contribution in [3.05, 3.63) is 41.4 Å². The van der Waals surface area contributed by atoms with E-state index in [0.29, 0.717) is 11.3 Å². The zero-order valence-electron chi connectivity index (χ0n) is 10.7. The lowest BCUT2D eigenvalue weighted by Crippen LogP contribution is -2.40. The van der Waals surface area contributed by atoms with Crippen LogP contribution in [0.5, 0.6) is 0 Å². The van der Waals surface area contributed by atoms with Gasteiger partial charge in [-0.1, -0.05) is 0 Å². The van der Waals surface area contributed by atoms with Crippen molar-refractivity contribution in [2.45, 2.75) is 19.8 Å². The molecule has 1 N–H and O–H groups in total. The standard InChI is InChI=1S/C14H13N3O2/c1-8-12(9(2)18)13(10-3-5-16-6-4-10)11(7-15)14(19)17-8/h3-6,11,13H,1-2H3,(H,17,19). The van der Waals surface area contributed by atoms with Gasteiger partial charge in [-0.2, -0.15) is 5.26 Å². The van der Waals surface area contributed by atoms with E-state index in [1.807, 2.05) is 6.07 Å². The second-order valence-corrected chi connectivity index (χ2v) is 4.45. The zero-order chi connectivity index (χ0) is 14.0. The Morgan fingerprint density at radius 1 is 1.42 bits per heavy atom. The Balaban J connectivity index is 2.62. The van der Waals surface area contributed by atoms with E-state index in [4.69, 9.17) is 0 Å². The van der Waals surface area contributed by atoms with E-state index in [9.17, 15) is 14.9 Å². The first kappa shape index (κ1) is 13.0. The Morgan fingerprint density at radius 3 is 2.58 bits per heavy atom. The molecule has 1 aliphatic rings. The minimum absolute atomic E-state index is 0.139. The number of carbonyl (C=O) groups excluding carboxylic acids is 2. The van der Waals surface area contributed by atoms with E-state index in [0.717, 1.165) is 5.56 Å². The monoisotopic (exact) mass is 255 g/mol. The van der Waals surface area contributed by atoms with Crippen LogP contribution in [-0.4, -0.2) is 16.7 Å². The van der Waals surface area contributed by atoms with Gasteiger partial charge >= 0.3 is 0 Å². The molecule has 5 nitrogen and oxygen atoms in total. The van der Waals surface area contributed by atoms with Crippen LogP contribution in [0.4, 0.5) is 0 Å². The van der Waals surface area contributed by atoms with Crippen LogP contribution in [0.25, 0.3) is 0 Å². The van der Waals surface area contributed by atoms with E-state index in [2.05, 4.69) is 10.3 Å². The maximum absolute atomic E-state index is 11.9. The highest BCUT2D eigenvalue weighted by Gasteiger charge is 2.39. The van der Waals surface area contributed by atoms with Gasteiger partial charge in [0, 0.05) is 29.6 Å². The summed E-state index contributed by atoms with van der Waals surface area (Å²) in [6.07, 6.45) is 3.17. The molecule has 0 saturated carbocycles. The number of amides is 1. The summed E-state index contributed by atoms with van der Waals surface area (Å²) in [6.45, 7) is 3.12. The van der Waals surface area contributed by atoms with Crippen LogP contribution < -0.4 is 5.32 Å². The van der Waals surface area contributed by atoms with Crippen molar-refractivity contribution in [1.29, 1.82) is 5.26 Å². The number of Topliss-reactive ketones (excluding diaryl/α,β-unsaturated/α-hetero) is 1. The number of allylic oxidation sites excluding steroid dienone is 2. The predicted octanol–water partition coefficient (Wildman–Crippen LogP) is 1.30. The highest BCUT2D eigenvalue weighted by molar-refractivity contribution is 6.00. The van der Waals surface area contributed by atoms with E-state index in [-0.39, 0.29) is 11.7 Å². The maximum Gasteiger partial charge on any atom is 0.242 e. The number of hydrogen-bond donors (Lipinski definition) is 1. The Kier molecular flexibility index (Phi) is 3.43. The molecule has 1 amide bonds. The number of nitrogens with zero attached hydrogens (tertiary/aromatic N) is 2. The van der Waals surface area contributed by atoms with Crippen LogP contribution in [0.15, 0.2) is 35.8 Å². The molecule has 0 aromatic carbocycles. The molecule has 19 heavy (non-hydrogen) atoms. The third-order valence-corrected chi connectivity index (χ3v) is 3.23. The van der Waals surface area contributed by atoms with Gasteiger partial charge in [-0.25, -0.2) is 0 Å². The van der Waals surface area contributed by atoms with Crippen LogP contribution in [0.2, 0.25) is 0 Å². The van der Waals surface area contributed by atoms with Gasteiger partial charge in [0.1, 0.15) is 5.92 Å².